The number of benzene rings is 1. The monoisotopic (exact) mass is 322 g/mol. The van der Waals surface area contributed by atoms with Crippen LogP contribution in [0.5, 0.6) is 0 Å². The van der Waals surface area contributed by atoms with Gasteiger partial charge in [-0.15, -0.1) is 0 Å². The number of aromatic nitrogens is 2. The van der Waals surface area contributed by atoms with Crippen molar-refractivity contribution >= 4 is 33.3 Å². The van der Waals surface area contributed by atoms with Gasteiger partial charge < -0.3 is 15.3 Å². The Labute approximate surface area is 120 Å². The highest BCUT2D eigenvalue weighted by Crippen LogP contribution is 2.24. The van der Waals surface area contributed by atoms with Crippen LogP contribution in [-0.4, -0.2) is 35.3 Å². The van der Waals surface area contributed by atoms with Crippen LogP contribution in [0.3, 0.4) is 0 Å². The van der Waals surface area contributed by atoms with E-state index >= 15 is 0 Å². The van der Waals surface area contributed by atoms with E-state index in [1.807, 2.05) is 42.3 Å². The molecule has 0 atom stereocenters. The van der Waals surface area contributed by atoms with E-state index in [0.717, 1.165) is 16.0 Å². The van der Waals surface area contributed by atoms with Gasteiger partial charge in [0.05, 0.1) is 6.61 Å². The summed E-state index contributed by atoms with van der Waals surface area (Å²) in [7, 11) is 1.95. The van der Waals surface area contributed by atoms with Gasteiger partial charge in [0.15, 0.2) is 0 Å². The molecule has 0 spiro atoms. The molecule has 19 heavy (non-hydrogen) atoms. The zero-order valence-corrected chi connectivity index (χ0v) is 12.1. The molecule has 1 aromatic carbocycles. The summed E-state index contributed by atoms with van der Waals surface area (Å²) >= 11 is 3.41. The van der Waals surface area contributed by atoms with E-state index in [-0.39, 0.29) is 6.61 Å². The Morgan fingerprint density at radius 2 is 2.00 bits per heavy atom. The predicted molar refractivity (Wildman–Crippen MR) is 79.8 cm³/mol. The molecule has 0 unspecified atom stereocenters. The Balaban J connectivity index is 2.18. The summed E-state index contributed by atoms with van der Waals surface area (Å²) in [5, 5.41) is 11.8. The molecule has 6 heteroatoms. The Morgan fingerprint density at radius 1 is 1.26 bits per heavy atom. The molecule has 1 heterocycles. The van der Waals surface area contributed by atoms with Crippen LogP contribution < -0.4 is 10.2 Å². The molecule has 0 saturated heterocycles. The highest BCUT2D eigenvalue weighted by molar-refractivity contribution is 9.10. The molecule has 100 valence electrons. The molecular formula is C13H15BrN4O. The Morgan fingerprint density at radius 3 is 2.68 bits per heavy atom. The summed E-state index contributed by atoms with van der Waals surface area (Å²) in [6.07, 6.45) is 1.50. The van der Waals surface area contributed by atoms with Crippen LogP contribution in [0, 0.1) is 0 Å². The van der Waals surface area contributed by atoms with Gasteiger partial charge >= 0.3 is 0 Å². The Bertz CT molecular complexity index is 532. The summed E-state index contributed by atoms with van der Waals surface area (Å²) in [6.45, 7) is 0.542. The van der Waals surface area contributed by atoms with Gasteiger partial charge in [-0.05, 0) is 24.3 Å². The van der Waals surface area contributed by atoms with Crippen molar-refractivity contribution in [1.29, 1.82) is 0 Å². The summed E-state index contributed by atoms with van der Waals surface area (Å²) in [6, 6.07) is 9.83. The summed E-state index contributed by atoms with van der Waals surface area (Å²) in [4.78, 5) is 10.3. The molecule has 0 radical (unpaired) electrons. The maximum absolute atomic E-state index is 8.79. The fourth-order valence-electron chi connectivity index (χ4n) is 1.61. The van der Waals surface area contributed by atoms with Crippen LogP contribution in [0.4, 0.5) is 17.3 Å². The summed E-state index contributed by atoms with van der Waals surface area (Å²) in [5.74, 6) is 1.49. The van der Waals surface area contributed by atoms with Gasteiger partial charge in [0, 0.05) is 29.8 Å². The largest absolute Gasteiger partial charge is 0.395 e. The number of halogens is 1. The smallest absolute Gasteiger partial charge is 0.138 e. The second-order valence-corrected chi connectivity index (χ2v) is 4.86. The van der Waals surface area contributed by atoms with Gasteiger partial charge in [-0.25, -0.2) is 9.97 Å². The van der Waals surface area contributed by atoms with E-state index in [0.29, 0.717) is 12.4 Å². The third-order valence-corrected chi connectivity index (χ3v) is 3.16. The van der Waals surface area contributed by atoms with Gasteiger partial charge in [-0.1, -0.05) is 15.9 Å². The van der Waals surface area contributed by atoms with Gasteiger partial charge in [0.1, 0.15) is 18.0 Å². The molecule has 2 aromatic rings. The second kappa shape index (κ2) is 6.49. The maximum Gasteiger partial charge on any atom is 0.138 e. The molecule has 2 N–H and O–H groups in total. The first-order valence-electron chi connectivity index (χ1n) is 5.87. The van der Waals surface area contributed by atoms with Crippen molar-refractivity contribution in [2.24, 2.45) is 0 Å². The zero-order valence-electron chi connectivity index (χ0n) is 10.5. The molecule has 0 aliphatic heterocycles. The molecule has 0 bridgehead atoms. The molecule has 1 aromatic heterocycles. The quantitative estimate of drug-likeness (QED) is 0.885. The lowest BCUT2D eigenvalue weighted by Crippen LogP contribution is -2.13. The van der Waals surface area contributed by atoms with E-state index in [9.17, 15) is 0 Å². The zero-order chi connectivity index (χ0) is 13.7. The fraction of sp³-hybridized carbons (Fsp3) is 0.231. The minimum atomic E-state index is 0.0713. The topological polar surface area (TPSA) is 61.3 Å². The van der Waals surface area contributed by atoms with Crippen LogP contribution >= 0.6 is 15.9 Å². The molecule has 0 fully saturated rings. The Kier molecular flexibility index (Phi) is 4.70. The third kappa shape index (κ3) is 3.65. The highest BCUT2D eigenvalue weighted by Gasteiger charge is 2.06. The first kappa shape index (κ1) is 13.8. The van der Waals surface area contributed by atoms with Crippen LogP contribution in [0.2, 0.25) is 0 Å². The lowest BCUT2D eigenvalue weighted by atomic mass is 10.3. The van der Waals surface area contributed by atoms with Crippen LogP contribution in [-0.2, 0) is 0 Å². The van der Waals surface area contributed by atoms with E-state index in [4.69, 9.17) is 5.11 Å². The average molecular weight is 323 g/mol. The minimum Gasteiger partial charge on any atom is -0.395 e. The molecule has 0 amide bonds. The third-order valence-electron chi connectivity index (χ3n) is 2.63. The normalized spacial score (nSPS) is 10.3. The lowest BCUT2D eigenvalue weighted by Gasteiger charge is -2.18. The second-order valence-electron chi connectivity index (χ2n) is 3.95. The number of anilines is 3. The molecule has 0 saturated carbocycles. The van der Waals surface area contributed by atoms with E-state index < -0.39 is 0 Å². The van der Waals surface area contributed by atoms with E-state index in [2.05, 4.69) is 31.2 Å². The molecule has 0 aliphatic carbocycles. The number of aliphatic hydroxyl groups excluding tert-OH is 1. The first-order chi connectivity index (χ1) is 9.20. The fourth-order valence-corrected chi connectivity index (χ4v) is 1.87. The lowest BCUT2D eigenvalue weighted by molar-refractivity contribution is 0.311. The number of nitrogens with zero attached hydrogens (tertiary/aromatic N) is 3. The number of hydrogen-bond acceptors (Lipinski definition) is 5. The van der Waals surface area contributed by atoms with Gasteiger partial charge in [0.25, 0.3) is 0 Å². The van der Waals surface area contributed by atoms with Crippen molar-refractivity contribution in [2.45, 2.75) is 0 Å². The molecule has 2 rings (SSSR count). The van der Waals surface area contributed by atoms with E-state index in [1.165, 1.54) is 6.33 Å². The van der Waals surface area contributed by atoms with E-state index in [1.54, 1.807) is 0 Å². The van der Waals surface area contributed by atoms with Crippen molar-refractivity contribution in [3.05, 3.63) is 41.1 Å². The minimum absolute atomic E-state index is 0.0713. The first-order valence-corrected chi connectivity index (χ1v) is 6.66. The maximum atomic E-state index is 8.79. The number of nitrogens with one attached hydrogen (secondary N) is 1. The van der Waals surface area contributed by atoms with Gasteiger partial charge in [-0.3, -0.25) is 0 Å². The number of hydrogen-bond donors (Lipinski definition) is 2. The number of rotatable bonds is 5. The Hall–Kier alpha value is -1.66. The predicted octanol–water partition coefficient (Wildman–Crippen LogP) is 2.41. The van der Waals surface area contributed by atoms with Crippen LogP contribution in [0.1, 0.15) is 0 Å². The van der Waals surface area contributed by atoms with Crippen LogP contribution in [0.15, 0.2) is 41.1 Å². The average Bonchev–Trinajstić information content (AvgIpc) is 2.45. The van der Waals surface area contributed by atoms with Crippen molar-refractivity contribution in [3.8, 4) is 0 Å². The highest BCUT2D eigenvalue weighted by atomic mass is 79.9. The van der Waals surface area contributed by atoms with Crippen molar-refractivity contribution in [1.82, 2.24) is 9.97 Å². The van der Waals surface area contributed by atoms with Crippen molar-refractivity contribution < 1.29 is 5.11 Å². The van der Waals surface area contributed by atoms with Crippen molar-refractivity contribution in [2.75, 3.05) is 30.4 Å². The molecule has 5 nitrogen and oxygen atoms in total. The number of aliphatic hydroxyl groups is 1. The van der Waals surface area contributed by atoms with Crippen molar-refractivity contribution in [3.63, 3.8) is 0 Å². The summed E-state index contributed by atoms with van der Waals surface area (Å²) in [5.41, 5.74) is 1.04. The van der Waals surface area contributed by atoms with Crippen LogP contribution in [0.25, 0.3) is 0 Å². The summed E-state index contributed by atoms with van der Waals surface area (Å²) < 4.78 is 1.04. The standard InChI is InChI=1S/C13H15BrN4O/c1-18(11-4-2-10(14)3-5-11)13-8-12(15-6-7-19)16-9-17-13/h2-5,8-9,19H,6-7H2,1H3,(H,15,16,17). The molecular weight excluding hydrogens is 308 g/mol. The van der Waals surface area contributed by atoms with Gasteiger partial charge in [0.2, 0.25) is 0 Å². The molecule has 0 aliphatic rings. The van der Waals surface area contributed by atoms with Gasteiger partial charge in [-0.2, -0.15) is 0 Å². The SMILES string of the molecule is CN(c1ccc(Br)cc1)c1cc(NCCO)ncn1.